The Morgan fingerprint density at radius 2 is 0.716 bits per heavy atom. The fraction of sp³-hybridized carbons (Fsp3) is 0.361. The lowest BCUT2D eigenvalue weighted by atomic mass is 10.1. The molecule has 0 aliphatic heterocycles. The van der Waals surface area contributed by atoms with Crippen LogP contribution < -0.4 is 17.2 Å². The minimum Gasteiger partial charge on any atom is -0.476 e. The predicted octanol–water partition coefficient (Wildman–Crippen LogP) is 14.8. The first-order chi connectivity index (χ1) is 54.3. The highest BCUT2D eigenvalue weighted by Crippen LogP contribution is 2.58. The first-order valence-electron chi connectivity index (χ1n) is 35.4. The molecule has 116 heavy (non-hydrogen) atoms. The molecule has 6 aromatic carbocycles. The molecular weight excluding hydrogens is 1670 g/mol. The van der Waals surface area contributed by atoms with E-state index in [1.54, 1.807) is 55.4 Å². The number of carboxylic acids is 1. The van der Waals surface area contributed by atoms with Crippen molar-refractivity contribution in [1.82, 2.24) is 19.9 Å². The van der Waals surface area contributed by atoms with Crippen LogP contribution in [0.1, 0.15) is 114 Å². The molecule has 8 aromatic rings. The number of nitro benzene ring substituents is 2. The Hall–Kier alpha value is -8.78. The summed E-state index contributed by atoms with van der Waals surface area (Å²) in [7, 11) is -31.0. The average molecular weight is 1770 g/mol. The van der Waals surface area contributed by atoms with Gasteiger partial charge in [0, 0.05) is 47.5 Å². The number of nitrogens with zero attached hydrogens (tertiary/aromatic N) is 6. The number of aryl methyl sites for hydroxylation is 2. The summed E-state index contributed by atoms with van der Waals surface area (Å²) in [5.74, 6) is -1.58. The van der Waals surface area contributed by atoms with Crippen LogP contribution in [0.5, 0.6) is 0 Å². The number of nitrogens with two attached hydrogens (primary N) is 3. The van der Waals surface area contributed by atoms with E-state index in [2.05, 4.69) is 19.9 Å². The molecule has 0 radical (unpaired) electrons. The number of rotatable bonds is 36. The second kappa shape index (κ2) is 44.7. The van der Waals surface area contributed by atoms with Crippen molar-refractivity contribution in [2.24, 2.45) is 0 Å². The third-order valence-corrected chi connectivity index (χ3v) is 37.5. The van der Waals surface area contributed by atoms with Crippen molar-refractivity contribution in [3.63, 3.8) is 0 Å². The molecule has 3 unspecified atom stereocenters. The Morgan fingerprint density at radius 1 is 0.431 bits per heavy atom. The number of hydrogen-bond donors (Lipinski definition) is 4. The first kappa shape index (κ1) is 99.6. The lowest BCUT2D eigenvalue weighted by Gasteiger charge is -2.23. The zero-order valence-electron chi connectivity index (χ0n) is 65.7. The Bertz CT molecular complexity index is 5300. The SMILES string of the molecule is CCOP(=O)(CS(=O)(=O)c1ccc([N+](=O)[O-])cc1)OCC.CCOP(=O)(OCC)C(C)S(=O)(=O)c1ccc(CC(=O)c2nc(-c3ccc(C)cc3)cnc2N)cc1.CCOP(=O)(OCC)C(C)S(=O)(=O)c1ccc(N)cc1.CCOP(=O)(OCC)C(C)S(=O)(=O)c1ccc([N+](=O)[O-])cc1.Cc1ccc(-c2cnc(N)c(C(=O)O)n2)cc1. The molecule has 44 heteroatoms. The summed E-state index contributed by atoms with van der Waals surface area (Å²) in [6.07, 6.45) is 2.93. The van der Waals surface area contributed by atoms with Gasteiger partial charge in [0.1, 0.15) is 5.69 Å². The molecule has 7 N–H and O–H groups in total. The first-order valence-corrected chi connectivity index (χ1v) is 48.2. The number of nitrogen functional groups attached to an aromatic ring is 3. The largest absolute Gasteiger partial charge is 0.476 e. The minimum atomic E-state index is -4.02. The number of non-ortho nitro benzene ring substituents is 2. The number of carboxylic acid groups (broad SMARTS) is 1. The monoisotopic (exact) mass is 1770 g/mol. The number of benzene rings is 6. The van der Waals surface area contributed by atoms with Crippen molar-refractivity contribution in [2.45, 2.75) is 131 Å². The standard InChI is InChI=1S/C25H30N3O6PS.C12H11N3O2.C12H18NO7PS.C12H20NO5PS.C11H16NO7PS/c1-5-33-35(30,34-6-2)18(4)36(31,32)21-13-9-19(10-14-21)15-23(29)24-25(26)27-16-22(28-24)20-11-7-17(3)8-12-20;1-7-2-4-8(5-3-7)9-6-14-11(13)10(15-9)12(16)17;1-4-19-21(16,20-5-2)10(3)22(17,18)12-8-6-11(7-9-12)13(14)15;1-4-17-19(14,18-5-2)10(3)20(15,16)12-8-6-11(13)7-9-12;1-3-18-20(15,19-4-2)9-21(16,17)11-7-5-10(6-8-11)12(13)14/h7-14,16,18H,5-6,15H2,1-4H3,(H2,26,27);2-6H,1H3,(H2,13,14)(H,16,17);6-10H,4-5H2,1-3H3;6-10H,4-5,13H2,1-3H3;5-8H,3-4,9H2,1-2H3. The van der Waals surface area contributed by atoms with E-state index in [0.29, 0.717) is 22.6 Å². The van der Waals surface area contributed by atoms with Gasteiger partial charge in [-0.25, -0.2) is 58.4 Å². The van der Waals surface area contributed by atoms with E-state index in [9.17, 15) is 81.7 Å². The van der Waals surface area contributed by atoms with E-state index in [1.165, 1.54) is 81.7 Å². The van der Waals surface area contributed by atoms with Crippen LogP contribution in [0, 0.1) is 34.1 Å². The van der Waals surface area contributed by atoms with E-state index < -0.39 is 106 Å². The Balaban J connectivity index is 0.000000314. The summed E-state index contributed by atoms with van der Waals surface area (Å²) >= 11 is 0. The maximum atomic E-state index is 13.1. The van der Waals surface area contributed by atoms with Crippen LogP contribution in [-0.4, -0.2) is 154 Å². The molecule has 0 saturated heterocycles. The number of nitro groups is 2. The van der Waals surface area contributed by atoms with Gasteiger partial charge in [-0.05, 0) is 156 Å². The second-order valence-electron chi connectivity index (χ2n) is 24.1. The quantitative estimate of drug-likeness (QED) is 0.00931. The van der Waals surface area contributed by atoms with Gasteiger partial charge in [0.2, 0.25) is 0 Å². The number of sulfone groups is 4. The van der Waals surface area contributed by atoms with Gasteiger partial charge in [-0.15, -0.1) is 0 Å². The van der Waals surface area contributed by atoms with E-state index >= 15 is 0 Å². The smallest absolute Gasteiger partial charge is 0.358 e. The summed E-state index contributed by atoms with van der Waals surface area (Å²) in [6.45, 7) is 21.1. The number of carbonyl (C=O) groups excluding carboxylic acids is 1. The Morgan fingerprint density at radius 3 is 1.02 bits per heavy atom. The maximum absolute atomic E-state index is 13.1. The summed E-state index contributed by atoms with van der Waals surface area (Å²) in [5.41, 5.74) is 21.3. The van der Waals surface area contributed by atoms with Crippen LogP contribution >= 0.6 is 30.4 Å². The van der Waals surface area contributed by atoms with Crippen molar-refractivity contribution in [1.29, 1.82) is 0 Å². The highest BCUT2D eigenvalue weighted by molar-refractivity contribution is 7.99. The molecule has 634 valence electrons. The lowest BCUT2D eigenvalue weighted by Crippen LogP contribution is -2.21. The topological polar surface area (TPSA) is 549 Å². The number of aromatic carboxylic acids is 1. The van der Waals surface area contributed by atoms with Gasteiger partial charge in [-0.2, -0.15) is 0 Å². The van der Waals surface area contributed by atoms with Gasteiger partial charge in [0.05, 0.1) is 106 Å². The minimum absolute atomic E-state index is 0.0199. The highest BCUT2D eigenvalue weighted by atomic mass is 32.2. The molecule has 0 aliphatic carbocycles. The Labute approximate surface area is 674 Å². The van der Waals surface area contributed by atoms with Crippen LogP contribution in [0.2, 0.25) is 0 Å². The van der Waals surface area contributed by atoms with E-state index in [-0.39, 0.29) is 119 Å². The summed E-state index contributed by atoms with van der Waals surface area (Å²) < 4.78 is 191. The number of carbonyl (C=O) groups is 2. The molecule has 0 fully saturated rings. The molecule has 36 nitrogen and oxygen atoms in total. The normalized spacial score (nSPS) is 12.8. The number of ketones is 1. The average Bonchev–Trinajstić information content (AvgIpc) is 0.787. The molecule has 0 aliphatic rings. The molecule has 8 rings (SSSR count). The number of anilines is 3. The Kier molecular flexibility index (Phi) is 38.4. The van der Waals surface area contributed by atoms with Crippen LogP contribution in [0.3, 0.4) is 0 Å². The van der Waals surface area contributed by atoms with Crippen LogP contribution in [0.4, 0.5) is 28.7 Å². The molecule has 0 saturated carbocycles. The fourth-order valence-electron chi connectivity index (χ4n) is 9.85. The highest BCUT2D eigenvalue weighted by Gasteiger charge is 2.45. The summed E-state index contributed by atoms with van der Waals surface area (Å²) in [5, 5.41) is 30.0. The third kappa shape index (κ3) is 27.7. The maximum Gasteiger partial charge on any atom is 0.358 e. The van der Waals surface area contributed by atoms with Crippen LogP contribution in [0.15, 0.2) is 178 Å². The predicted molar refractivity (Wildman–Crippen MR) is 437 cm³/mol. The van der Waals surface area contributed by atoms with Gasteiger partial charge in [0.25, 0.3) is 11.4 Å². The number of hydrogen-bond acceptors (Lipinski definition) is 33. The van der Waals surface area contributed by atoms with Crippen molar-refractivity contribution >= 4 is 110 Å². The molecule has 0 bridgehead atoms. The molecular formula is C72H95N9O27P4S4. The van der Waals surface area contributed by atoms with E-state index in [4.69, 9.17) is 58.5 Å². The van der Waals surface area contributed by atoms with Crippen molar-refractivity contribution in [3.8, 4) is 22.5 Å². The van der Waals surface area contributed by atoms with Gasteiger partial charge in [-0.1, -0.05) is 71.8 Å². The van der Waals surface area contributed by atoms with Crippen LogP contribution in [-0.2, 0) is 100 Å². The summed E-state index contributed by atoms with van der Waals surface area (Å²) in [4.78, 5) is 55.6. The van der Waals surface area contributed by atoms with Crippen molar-refractivity contribution in [2.75, 3.05) is 75.6 Å². The molecule has 0 amide bonds. The van der Waals surface area contributed by atoms with Gasteiger partial charge in [-0.3, -0.25) is 43.3 Å². The summed E-state index contributed by atoms with van der Waals surface area (Å²) in [6, 6.07) is 35.4. The zero-order chi connectivity index (χ0) is 87.4. The second-order valence-corrected chi connectivity index (χ2v) is 43.5. The van der Waals surface area contributed by atoms with Crippen molar-refractivity contribution < 1.29 is 113 Å². The van der Waals surface area contributed by atoms with Gasteiger partial charge < -0.3 is 58.5 Å². The molecule has 2 aromatic heterocycles. The lowest BCUT2D eigenvalue weighted by molar-refractivity contribution is -0.385. The van der Waals surface area contributed by atoms with E-state index in [1.807, 2.05) is 62.4 Å². The third-order valence-electron chi connectivity index (χ3n) is 15.9. The van der Waals surface area contributed by atoms with Gasteiger partial charge in [0.15, 0.2) is 82.9 Å². The van der Waals surface area contributed by atoms with Crippen LogP contribution in [0.25, 0.3) is 22.5 Å². The molecule has 0 spiro atoms. The molecule has 3 atom stereocenters. The van der Waals surface area contributed by atoms with E-state index in [0.717, 1.165) is 70.8 Å². The fourth-order valence-corrected chi connectivity index (χ4v) is 26.8. The molecule has 2 heterocycles. The van der Waals surface area contributed by atoms with Gasteiger partial charge >= 0.3 is 36.4 Å². The van der Waals surface area contributed by atoms with Crippen molar-refractivity contribution in [3.05, 3.63) is 206 Å². The zero-order valence-corrected chi connectivity index (χ0v) is 72.6. The number of aromatic nitrogens is 4. The number of Topliss-reactive ketones (excluding diaryl/α,β-unsaturated/α-hetero) is 1.